The van der Waals surface area contributed by atoms with E-state index >= 15 is 0 Å². The number of alkyl halides is 1. The molecule has 2 nitrogen and oxygen atoms in total. The molecule has 0 saturated heterocycles. The van der Waals surface area contributed by atoms with E-state index < -0.39 is 0 Å². The standard InChI is InChI=1S/C13H18ClNOS/c1-10(14)4-3-9-15-13(16)11-5-7-12(17-2)8-6-11/h5-8,10H,3-4,9H2,1-2H3,(H,15,16). The number of hydrogen-bond donors (Lipinski definition) is 1. The van der Waals surface area contributed by atoms with Crippen molar-refractivity contribution in [3.8, 4) is 0 Å². The first-order chi connectivity index (χ1) is 8.13. The minimum Gasteiger partial charge on any atom is -0.352 e. The fourth-order valence-corrected chi connectivity index (χ4v) is 1.99. The van der Waals surface area contributed by atoms with Gasteiger partial charge in [0.05, 0.1) is 0 Å². The second kappa shape index (κ2) is 7.62. The van der Waals surface area contributed by atoms with Gasteiger partial charge in [-0.25, -0.2) is 0 Å². The third kappa shape index (κ3) is 5.46. The van der Waals surface area contributed by atoms with Gasteiger partial charge in [-0.05, 0) is 50.3 Å². The molecule has 1 aromatic carbocycles. The molecule has 0 aliphatic heterocycles. The Morgan fingerprint density at radius 1 is 1.41 bits per heavy atom. The van der Waals surface area contributed by atoms with Crippen LogP contribution >= 0.6 is 23.4 Å². The van der Waals surface area contributed by atoms with Crippen molar-refractivity contribution in [1.82, 2.24) is 5.32 Å². The molecule has 0 bridgehead atoms. The molecule has 0 saturated carbocycles. The van der Waals surface area contributed by atoms with Crippen molar-refractivity contribution in [2.75, 3.05) is 12.8 Å². The third-order valence-electron chi connectivity index (χ3n) is 2.42. The van der Waals surface area contributed by atoms with Gasteiger partial charge in [-0.1, -0.05) is 0 Å². The number of hydrogen-bond acceptors (Lipinski definition) is 2. The van der Waals surface area contributed by atoms with Gasteiger partial charge < -0.3 is 5.32 Å². The number of carbonyl (C=O) groups excluding carboxylic acids is 1. The average Bonchev–Trinajstić information content (AvgIpc) is 2.34. The van der Waals surface area contributed by atoms with Crippen LogP contribution < -0.4 is 5.32 Å². The first-order valence-corrected chi connectivity index (χ1v) is 7.36. The summed E-state index contributed by atoms with van der Waals surface area (Å²) < 4.78 is 0. The zero-order chi connectivity index (χ0) is 12.7. The minimum absolute atomic E-state index is 0.0140. The Hall–Kier alpha value is -0.670. The zero-order valence-electron chi connectivity index (χ0n) is 10.2. The maximum Gasteiger partial charge on any atom is 0.251 e. The molecular weight excluding hydrogens is 254 g/mol. The van der Waals surface area contributed by atoms with Crippen LogP contribution in [0.2, 0.25) is 0 Å². The molecule has 1 amide bonds. The molecule has 0 heterocycles. The second-order valence-electron chi connectivity index (χ2n) is 3.91. The molecule has 0 radical (unpaired) electrons. The number of nitrogens with one attached hydrogen (secondary N) is 1. The van der Waals surface area contributed by atoms with E-state index in [1.54, 1.807) is 11.8 Å². The van der Waals surface area contributed by atoms with Crippen molar-refractivity contribution in [2.45, 2.75) is 30.0 Å². The van der Waals surface area contributed by atoms with Gasteiger partial charge in [0.15, 0.2) is 0 Å². The highest BCUT2D eigenvalue weighted by atomic mass is 35.5. The van der Waals surface area contributed by atoms with Crippen molar-refractivity contribution in [3.63, 3.8) is 0 Å². The molecular formula is C13H18ClNOS. The summed E-state index contributed by atoms with van der Waals surface area (Å²) in [5.74, 6) is -0.0140. The first kappa shape index (κ1) is 14.4. The van der Waals surface area contributed by atoms with Crippen LogP contribution in [0.1, 0.15) is 30.1 Å². The largest absolute Gasteiger partial charge is 0.352 e. The Balaban J connectivity index is 2.36. The number of rotatable bonds is 6. The first-order valence-electron chi connectivity index (χ1n) is 5.70. The van der Waals surface area contributed by atoms with E-state index in [4.69, 9.17) is 11.6 Å². The summed E-state index contributed by atoms with van der Waals surface area (Å²) in [6.45, 7) is 2.64. The van der Waals surface area contributed by atoms with E-state index in [0.29, 0.717) is 12.1 Å². The van der Waals surface area contributed by atoms with E-state index in [-0.39, 0.29) is 11.3 Å². The average molecular weight is 272 g/mol. The lowest BCUT2D eigenvalue weighted by Crippen LogP contribution is -2.24. The number of halogens is 1. The highest BCUT2D eigenvalue weighted by molar-refractivity contribution is 7.98. The SMILES string of the molecule is CSc1ccc(C(=O)NCCCC(C)Cl)cc1. The smallest absolute Gasteiger partial charge is 0.251 e. The molecule has 4 heteroatoms. The molecule has 0 aliphatic carbocycles. The Morgan fingerprint density at radius 3 is 2.59 bits per heavy atom. The van der Waals surface area contributed by atoms with Crippen LogP contribution in [0.3, 0.4) is 0 Å². The molecule has 0 aliphatic rings. The number of amides is 1. The summed E-state index contributed by atoms with van der Waals surface area (Å²) in [5, 5.41) is 3.06. The van der Waals surface area contributed by atoms with Gasteiger partial charge in [0.1, 0.15) is 0 Å². The lowest BCUT2D eigenvalue weighted by Gasteiger charge is -2.06. The van der Waals surface area contributed by atoms with Gasteiger partial charge in [-0.3, -0.25) is 4.79 Å². The Morgan fingerprint density at radius 2 is 2.06 bits per heavy atom. The van der Waals surface area contributed by atoms with Crippen LogP contribution in [-0.4, -0.2) is 24.1 Å². The van der Waals surface area contributed by atoms with Crippen LogP contribution in [0.25, 0.3) is 0 Å². The van der Waals surface area contributed by atoms with Crippen molar-refractivity contribution in [1.29, 1.82) is 0 Å². The topological polar surface area (TPSA) is 29.1 Å². The summed E-state index contributed by atoms with van der Waals surface area (Å²) >= 11 is 7.50. The minimum atomic E-state index is -0.0140. The summed E-state index contributed by atoms with van der Waals surface area (Å²) in [4.78, 5) is 12.9. The molecule has 1 atom stereocenters. The normalized spacial score (nSPS) is 12.2. The van der Waals surface area contributed by atoms with Gasteiger partial charge in [0.2, 0.25) is 0 Å². The van der Waals surface area contributed by atoms with E-state index in [1.807, 2.05) is 37.4 Å². The molecule has 1 N–H and O–H groups in total. The number of benzene rings is 1. The van der Waals surface area contributed by atoms with Crippen LogP contribution in [0.15, 0.2) is 29.2 Å². The maximum absolute atomic E-state index is 11.7. The van der Waals surface area contributed by atoms with Crippen molar-refractivity contribution in [3.05, 3.63) is 29.8 Å². The fraction of sp³-hybridized carbons (Fsp3) is 0.462. The molecule has 0 spiro atoms. The Kier molecular flexibility index (Phi) is 6.45. The van der Waals surface area contributed by atoms with Crippen LogP contribution in [0.4, 0.5) is 0 Å². The molecule has 1 aromatic rings. The van der Waals surface area contributed by atoms with Crippen LogP contribution in [0, 0.1) is 0 Å². The van der Waals surface area contributed by atoms with E-state index in [2.05, 4.69) is 5.32 Å². The fourth-order valence-electron chi connectivity index (χ4n) is 1.43. The highest BCUT2D eigenvalue weighted by Gasteiger charge is 2.04. The quantitative estimate of drug-likeness (QED) is 0.487. The lowest BCUT2D eigenvalue weighted by molar-refractivity contribution is 0.0953. The number of carbonyl (C=O) groups is 1. The molecule has 1 rings (SSSR count). The van der Waals surface area contributed by atoms with Gasteiger partial charge in [-0.15, -0.1) is 23.4 Å². The Labute approximate surface area is 112 Å². The van der Waals surface area contributed by atoms with Gasteiger partial charge in [0.25, 0.3) is 5.91 Å². The monoisotopic (exact) mass is 271 g/mol. The molecule has 94 valence electrons. The third-order valence-corrected chi connectivity index (χ3v) is 3.38. The van der Waals surface area contributed by atoms with E-state index in [0.717, 1.165) is 17.7 Å². The second-order valence-corrected chi connectivity index (χ2v) is 5.53. The van der Waals surface area contributed by atoms with Crippen LogP contribution in [0.5, 0.6) is 0 Å². The molecule has 0 fully saturated rings. The van der Waals surface area contributed by atoms with Gasteiger partial charge in [-0.2, -0.15) is 0 Å². The molecule has 1 unspecified atom stereocenters. The highest BCUT2D eigenvalue weighted by Crippen LogP contribution is 2.14. The van der Waals surface area contributed by atoms with Crippen molar-refractivity contribution >= 4 is 29.3 Å². The summed E-state index contributed by atoms with van der Waals surface area (Å²) in [6.07, 6.45) is 3.86. The van der Waals surface area contributed by atoms with Crippen LogP contribution in [-0.2, 0) is 0 Å². The van der Waals surface area contributed by atoms with E-state index in [1.165, 1.54) is 0 Å². The summed E-state index contributed by atoms with van der Waals surface area (Å²) in [5.41, 5.74) is 0.710. The maximum atomic E-state index is 11.7. The molecule has 17 heavy (non-hydrogen) atoms. The zero-order valence-corrected chi connectivity index (χ0v) is 11.8. The number of thioether (sulfide) groups is 1. The summed E-state index contributed by atoms with van der Waals surface area (Å²) in [6, 6.07) is 7.62. The van der Waals surface area contributed by atoms with E-state index in [9.17, 15) is 4.79 Å². The van der Waals surface area contributed by atoms with Crippen molar-refractivity contribution < 1.29 is 4.79 Å². The predicted molar refractivity (Wildman–Crippen MR) is 75.1 cm³/mol. The Bertz CT molecular complexity index is 351. The van der Waals surface area contributed by atoms with Crippen molar-refractivity contribution in [2.24, 2.45) is 0 Å². The molecule has 0 aromatic heterocycles. The summed E-state index contributed by atoms with van der Waals surface area (Å²) in [7, 11) is 0. The predicted octanol–water partition coefficient (Wildman–Crippen LogP) is 3.55. The van der Waals surface area contributed by atoms with Gasteiger partial charge in [0, 0.05) is 22.4 Å². The lowest BCUT2D eigenvalue weighted by atomic mass is 10.2. The van der Waals surface area contributed by atoms with Gasteiger partial charge >= 0.3 is 0 Å².